The molecule has 3 N–H and O–H groups in total. The first-order valence-corrected chi connectivity index (χ1v) is 7.16. The molecule has 5 heteroatoms. The van der Waals surface area contributed by atoms with Crippen molar-refractivity contribution in [3.05, 3.63) is 33.3 Å². The predicted molar refractivity (Wildman–Crippen MR) is 79.7 cm³/mol. The van der Waals surface area contributed by atoms with Crippen molar-refractivity contribution in [1.29, 1.82) is 0 Å². The Labute approximate surface area is 122 Å². The lowest BCUT2D eigenvalue weighted by Crippen LogP contribution is -2.37. The van der Waals surface area contributed by atoms with Gasteiger partial charge in [0.15, 0.2) is 0 Å². The number of halogens is 2. The van der Waals surface area contributed by atoms with E-state index < -0.39 is 0 Å². The Bertz CT molecular complexity index is 376. The molecule has 0 radical (unpaired) electrons. The second-order valence-electron chi connectivity index (χ2n) is 4.43. The maximum atomic E-state index is 6.20. The van der Waals surface area contributed by atoms with Crippen LogP contribution in [0.2, 0.25) is 5.02 Å². The summed E-state index contributed by atoms with van der Waals surface area (Å²) in [7, 11) is 1.72. The highest BCUT2D eigenvalue weighted by Gasteiger charge is 2.12. The van der Waals surface area contributed by atoms with Crippen LogP contribution in [0.4, 0.5) is 0 Å². The Morgan fingerprint density at radius 3 is 2.72 bits per heavy atom. The molecule has 1 rings (SSSR count). The highest BCUT2D eigenvalue weighted by molar-refractivity contribution is 9.10. The van der Waals surface area contributed by atoms with Crippen molar-refractivity contribution >= 4 is 27.5 Å². The van der Waals surface area contributed by atoms with E-state index in [0.29, 0.717) is 0 Å². The van der Waals surface area contributed by atoms with Gasteiger partial charge in [0, 0.05) is 22.6 Å². The molecular formula is C13H20BrClN2O. The summed E-state index contributed by atoms with van der Waals surface area (Å²) in [5, 5.41) is 0.768. The molecule has 2 atom stereocenters. The van der Waals surface area contributed by atoms with Crippen LogP contribution in [0, 0.1) is 0 Å². The molecule has 0 aromatic heterocycles. The van der Waals surface area contributed by atoms with E-state index in [9.17, 15) is 0 Å². The van der Waals surface area contributed by atoms with Gasteiger partial charge in [0.05, 0.1) is 6.10 Å². The third-order valence-electron chi connectivity index (χ3n) is 3.04. The maximum absolute atomic E-state index is 6.20. The van der Waals surface area contributed by atoms with E-state index in [0.717, 1.165) is 34.3 Å². The average molecular weight is 336 g/mol. The molecule has 102 valence electrons. The third-order valence-corrected chi connectivity index (χ3v) is 3.89. The topological polar surface area (TPSA) is 47.3 Å². The number of benzene rings is 1. The molecule has 0 bridgehead atoms. The van der Waals surface area contributed by atoms with E-state index in [1.165, 1.54) is 0 Å². The Kier molecular flexibility index (Phi) is 7.19. The van der Waals surface area contributed by atoms with Crippen LogP contribution in [0.1, 0.15) is 25.3 Å². The Morgan fingerprint density at radius 2 is 2.17 bits per heavy atom. The summed E-state index contributed by atoms with van der Waals surface area (Å²) in [6.45, 7) is 2.06. The van der Waals surface area contributed by atoms with Crippen LogP contribution in [0.5, 0.6) is 0 Å². The standard InChI is InChI=1S/C13H20BrClN2O/c1-9(18-2)3-6-12(17-16)7-10-4-5-11(14)8-13(10)15/h4-5,8-9,12,17H,3,6-7,16H2,1-2H3. The van der Waals surface area contributed by atoms with Crippen molar-refractivity contribution < 1.29 is 4.74 Å². The number of hydrazine groups is 1. The molecule has 18 heavy (non-hydrogen) atoms. The number of rotatable bonds is 7. The molecule has 0 spiro atoms. The van der Waals surface area contributed by atoms with Gasteiger partial charge >= 0.3 is 0 Å². The van der Waals surface area contributed by atoms with Crippen molar-refractivity contribution in [1.82, 2.24) is 5.43 Å². The molecule has 0 amide bonds. The number of methoxy groups -OCH3 is 1. The van der Waals surface area contributed by atoms with Gasteiger partial charge in [0.1, 0.15) is 0 Å². The number of ether oxygens (including phenoxy) is 1. The fourth-order valence-electron chi connectivity index (χ4n) is 1.75. The molecule has 0 heterocycles. The average Bonchev–Trinajstić information content (AvgIpc) is 2.36. The fourth-order valence-corrected chi connectivity index (χ4v) is 2.50. The third kappa shape index (κ3) is 5.24. The van der Waals surface area contributed by atoms with Crippen LogP contribution in [-0.2, 0) is 11.2 Å². The highest BCUT2D eigenvalue weighted by atomic mass is 79.9. The molecule has 0 saturated carbocycles. The number of nitrogens with one attached hydrogen (secondary N) is 1. The Hall–Kier alpha value is -0.130. The van der Waals surface area contributed by atoms with E-state index in [-0.39, 0.29) is 12.1 Å². The molecule has 0 aliphatic heterocycles. The molecule has 0 saturated heterocycles. The van der Waals surface area contributed by atoms with Crippen LogP contribution in [-0.4, -0.2) is 19.3 Å². The van der Waals surface area contributed by atoms with Gasteiger partial charge in [0.25, 0.3) is 0 Å². The van der Waals surface area contributed by atoms with Gasteiger partial charge < -0.3 is 4.74 Å². The van der Waals surface area contributed by atoms with Gasteiger partial charge in [-0.1, -0.05) is 33.6 Å². The second-order valence-corrected chi connectivity index (χ2v) is 5.75. The molecule has 0 fully saturated rings. The van der Waals surface area contributed by atoms with E-state index >= 15 is 0 Å². The van der Waals surface area contributed by atoms with E-state index in [4.69, 9.17) is 22.2 Å². The number of hydrogen-bond donors (Lipinski definition) is 2. The van der Waals surface area contributed by atoms with Crippen LogP contribution < -0.4 is 11.3 Å². The highest BCUT2D eigenvalue weighted by Crippen LogP contribution is 2.23. The fraction of sp³-hybridized carbons (Fsp3) is 0.538. The van der Waals surface area contributed by atoms with Crippen LogP contribution >= 0.6 is 27.5 Å². The molecule has 0 aliphatic carbocycles. The lowest BCUT2D eigenvalue weighted by molar-refractivity contribution is 0.106. The van der Waals surface area contributed by atoms with Gasteiger partial charge in [-0.15, -0.1) is 0 Å². The zero-order valence-corrected chi connectivity index (χ0v) is 13.1. The van der Waals surface area contributed by atoms with Gasteiger partial charge in [-0.05, 0) is 43.9 Å². The lowest BCUT2D eigenvalue weighted by Gasteiger charge is -2.18. The summed E-state index contributed by atoms with van der Waals surface area (Å²) in [6.07, 6.45) is 3.00. The first kappa shape index (κ1) is 15.9. The first-order chi connectivity index (χ1) is 8.56. The minimum absolute atomic E-state index is 0.210. The maximum Gasteiger partial charge on any atom is 0.0543 e. The minimum Gasteiger partial charge on any atom is -0.382 e. The smallest absolute Gasteiger partial charge is 0.0543 e. The normalized spacial score (nSPS) is 14.5. The Balaban J connectivity index is 2.56. The molecule has 1 aromatic rings. The van der Waals surface area contributed by atoms with Crippen LogP contribution in [0.25, 0.3) is 0 Å². The molecule has 1 aromatic carbocycles. The molecule has 3 nitrogen and oxygen atoms in total. The van der Waals surface area contributed by atoms with Crippen LogP contribution in [0.15, 0.2) is 22.7 Å². The molecule has 0 aliphatic rings. The van der Waals surface area contributed by atoms with Gasteiger partial charge in [0.2, 0.25) is 0 Å². The SMILES string of the molecule is COC(C)CCC(Cc1ccc(Br)cc1Cl)NN. The van der Waals surface area contributed by atoms with Crippen molar-refractivity contribution in [2.75, 3.05) is 7.11 Å². The number of nitrogens with two attached hydrogens (primary N) is 1. The van der Waals surface area contributed by atoms with E-state index in [1.807, 2.05) is 18.2 Å². The second kappa shape index (κ2) is 8.12. The monoisotopic (exact) mass is 334 g/mol. The summed E-state index contributed by atoms with van der Waals surface area (Å²) in [6, 6.07) is 6.13. The number of hydrogen-bond acceptors (Lipinski definition) is 3. The summed E-state index contributed by atoms with van der Waals surface area (Å²) < 4.78 is 6.22. The minimum atomic E-state index is 0.210. The van der Waals surface area contributed by atoms with Gasteiger partial charge in [-0.3, -0.25) is 11.3 Å². The zero-order valence-electron chi connectivity index (χ0n) is 10.7. The van der Waals surface area contributed by atoms with Crippen molar-refractivity contribution in [3.63, 3.8) is 0 Å². The van der Waals surface area contributed by atoms with E-state index in [2.05, 4.69) is 28.3 Å². The van der Waals surface area contributed by atoms with Gasteiger partial charge in [-0.2, -0.15) is 0 Å². The molecule has 2 unspecified atom stereocenters. The predicted octanol–water partition coefficient (Wildman–Crippen LogP) is 3.29. The summed E-state index contributed by atoms with van der Waals surface area (Å²) in [4.78, 5) is 0. The van der Waals surface area contributed by atoms with Crippen LogP contribution in [0.3, 0.4) is 0 Å². The lowest BCUT2D eigenvalue weighted by atomic mass is 10.0. The Morgan fingerprint density at radius 1 is 1.44 bits per heavy atom. The van der Waals surface area contributed by atoms with Crippen molar-refractivity contribution in [2.24, 2.45) is 5.84 Å². The van der Waals surface area contributed by atoms with Crippen molar-refractivity contribution in [3.8, 4) is 0 Å². The largest absolute Gasteiger partial charge is 0.382 e. The zero-order chi connectivity index (χ0) is 13.5. The summed E-state index contributed by atoms with van der Waals surface area (Å²) in [5.41, 5.74) is 3.95. The first-order valence-electron chi connectivity index (χ1n) is 5.99. The van der Waals surface area contributed by atoms with Crippen molar-refractivity contribution in [2.45, 2.75) is 38.3 Å². The van der Waals surface area contributed by atoms with Gasteiger partial charge in [-0.25, -0.2) is 0 Å². The molecular weight excluding hydrogens is 316 g/mol. The summed E-state index contributed by atoms with van der Waals surface area (Å²) >= 11 is 9.59. The summed E-state index contributed by atoms with van der Waals surface area (Å²) in [5.74, 6) is 5.59. The quantitative estimate of drug-likeness (QED) is 0.594. The van der Waals surface area contributed by atoms with E-state index in [1.54, 1.807) is 7.11 Å².